The van der Waals surface area contributed by atoms with E-state index in [1.807, 2.05) is 58.3 Å². The molecule has 0 bridgehead atoms. The fourth-order valence-electron chi connectivity index (χ4n) is 4.36. The first kappa shape index (κ1) is 21.2. The summed E-state index contributed by atoms with van der Waals surface area (Å²) in [5.74, 6) is 0.0660. The monoisotopic (exact) mass is 490 g/mol. The van der Waals surface area contributed by atoms with Crippen molar-refractivity contribution in [2.75, 3.05) is 26.2 Å². The summed E-state index contributed by atoms with van der Waals surface area (Å²) >= 11 is 2.96. The summed E-state index contributed by atoms with van der Waals surface area (Å²) in [4.78, 5) is 36.7. The highest BCUT2D eigenvalue weighted by atomic mass is 32.1. The summed E-state index contributed by atoms with van der Waals surface area (Å²) in [6, 6.07) is 13.6. The van der Waals surface area contributed by atoms with Crippen molar-refractivity contribution in [3.05, 3.63) is 80.7 Å². The number of carbonyl (C=O) groups is 1. The lowest BCUT2D eigenvalue weighted by Crippen LogP contribution is -2.48. The molecular formula is C24H22N6O2S2. The van der Waals surface area contributed by atoms with Gasteiger partial charge in [-0.15, -0.1) is 22.7 Å². The lowest BCUT2D eigenvalue weighted by atomic mass is 10.2. The Morgan fingerprint density at radius 2 is 1.88 bits per heavy atom. The zero-order chi connectivity index (χ0) is 23.2. The zero-order valence-electron chi connectivity index (χ0n) is 18.5. The third-order valence-electron chi connectivity index (χ3n) is 6.16. The highest BCUT2D eigenvalue weighted by Gasteiger charge is 2.25. The molecular weight excluding hydrogens is 468 g/mol. The maximum absolute atomic E-state index is 13.3. The fourth-order valence-corrected chi connectivity index (χ4v) is 6.25. The van der Waals surface area contributed by atoms with Gasteiger partial charge in [-0.1, -0.05) is 18.2 Å². The summed E-state index contributed by atoms with van der Waals surface area (Å²) < 4.78 is 3.48. The molecule has 0 spiro atoms. The Morgan fingerprint density at radius 1 is 1.09 bits per heavy atom. The van der Waals surface area contributed by atoms with Crippen LogP contribution in [0.1, 0.15) is 21.1 Å². The van der Waals surface area contributed by atoms with Crippen molar-refractivity contribution in [2.24, 2.45) is 0 Å². The smallest absolute Gasteiger partial charge is 0.264 e. The van der Waals surface area contributed by atoms with Gasteiger partial charge in [0.15, 0.2) is 4.96 Å². The van der Waals surface area contributed by atoms with Crippen LogP contribution in [0.3, 0.4) is 0 Å². The largest absolute Gasteiger partial charge is 0.335 e. The van der Waals surface area contributed by atoms with Crippen molar-refractivity contribution >= 4 is 43.8 Å². The first-order chi connectivity index (χ1) is 16.6. The van der Waals surface area contributed by atoms with E-state index < -0.39 is 0 Å². The average Bonchev–Trinajstić information content (AvgIpc) is 3.57. The first-order valence-corrected chi connectivity index (χ1v) is 12.8. The Kier molecular flexibility index (Phi) is 5.28. The van der Waals surface area contributed by atoms with Crippen molar-refractivity contribution in [1.82, 2.24) is 29.0 Å². The van der Waals surface area contributed by atoms with Crippen LogP contribution in [0.25, 0.3) is 20.9 Å². The number of amides is 1. The Balaban J connectivity index is 1.16. The van der Waals surface area contributed by atoms with E-state index in [9.17, 15) is 9.59 Å². The molecule has 1 amide bonds. The molecule has 172 valence electrons. The van der Waals surface area contributed by atoms with Gasteiger partial charge in [-0.05, 0) is 25.1 Å². The van der Waals surface area contributed by atoms with Crippen molar-refractivity contribution in [1.29, 1.82) is 0 Å². The number of carbonyl (C=O) groups excluding carboxylic acids is 1. The number of thiophene rings is 1. The van der Waals surface area contributed by atoms with Crippen LogP contribution in [0.15, 0.2) is 58.8 Å². The van der Waals surface area contributed by atoms with Crippen LogP contribution in [0.2, 0.25) is 0 Å². The molecule has 1 aliphatic rings. The Morgan fingerprint density at radius 3 is 2.68 bits per heavy atom. The molecule has 0 saturated carbocycles. The number of para-hydroxylation sites is 1. The number of piperazine rings is 1. The third-order valence-corrected chi connectivity index (χ3v) is 8.01. The van der Waals surface area contributed by atoms with Gasteiger partial charge in [0.05, 0.1) is 22.0 Å². The van der Waals surface area contributed by atoms with Crippen molar-refractivity contribution in [3.63, 3.8) is 0 Å². The van der Waals surface area contributed by atoms with Crippen LogP contribution in [0, 0.1) is 6.92 Å². The molecule has 0 aliphatic carbocycles. The van der Waals surface area contributed by atoms with Gasteiger partial charge in [-0.2, -0.15) is 5.10 Å². The normalized spacial score (nSPS) is 14.9. The summed E-state index contributed by atoms with van der Waals surface area (Å²) in [5.41, 5.74) is 2.64. The van der Waals surface area contributed by atoms with Crippen LogP contribution in [-0.2, 0) is 6.54 Å². The van der Waals surface area contributed by atoms with Crippen LogP contribution < -0.4 is 5.56 Å². The molecule has 10 heteroatoms. The van der Waals surface area contributed by atoms with Gasteiger partial charge in [0.1, 0.15) is 4.83 Å². The summed E-state index contributed by atoms with van der Waals surface area (Å²) in [6.45, 7) is 5.39. The first-order valence-electron chi connectivity index (χ1n) is 11.1. The molecule has 1 aromatic carbocycles. The predicted molar refractivity (Wildman–Crippen MR) is 134 cm³/mol. The van der Waals surface area contributed by atoms with Crippen LogP contribution in [0.5, 0.6) is 0 Å². The minimum atomic E-state index is -0.0517. The molecule has 0 atom stereocenters. The third kappa shape index (κ3) is 3.73. The number of aryl methyl sites for hydroxylation is 1. The minimum absolute atomic E-state index is 0.0517. The maximum atomic E-state index is 13.3. The molecule has 1 fully saturated rings. The van der Waals surface area contributed by atoms with E-state index in [2.05, 4.69) is 15.0 Å². The highest BCUT2D eigenvalue weighted by molar-refractivity contribution is 7.20. The average molecular weight is 491 g/mol. The van der Waals surface area contributed by atoms with E-state index in [-0.39, 0.29) is 11.5 Å². The highest BCUT2D eigenvalue weighted by Crippen LogP contribution is 2.31. The van der Waals surface area contributed by atoms with E-state index in [4.69, 9.17) is 0 Å². The summed E-state index contributed by atoms with van der Waals surface area (Å²) in [7, 11) is 0. The van der Waals surface area contributed by atoms with Crippen LogP contribution >= 0.6 is 22.7 Å². The molecule has 5 aromatic rings. The molecule has 6 rings (SSSR count). The molecule has 1 aliphatic heterocycles. The van der Waals surface area contributed by atoms with Gasteiger partial charge in [0.25, 0.3) is 11.5 Å². The van der Waals surface area contributed by atoms with Gasteiger partial charge in [0.2, 0.25) is 0 Å². The Labute approximate surface area is 203 Å². The number of benzene rings is 1. The number of hydrogen-bond donors (Lipinski definition) is 0. The van der Waals surface area contributed by atoms with E-state index in [0.29, 0.717) is 24.6 Å². The molecule has 0 unspecified atom stereocenters. The van der Waals surface area contributed by atoms with Gasteiger partial charge in [0, 0.05) is 55.8 Å². The van der Waals surface area contributed by atoms with Gasteiger partial charge in [-0.3, -0.25) is 18.9 Å². The lowest BCUT2D eigenvalue weighted by molar-refractivity contribution is 0.0632. The van der Waals surface area contributed by atoms with Crippen LogP contribution in [-0.4, -0.2) is 61.1 Å². The standard InChI is InChI=1S/C24H22N6O2S2/c1-16-19-14-20(34-23(19)30(26-16)18-5-3-2-4-6-18)22(32)28-9-7-27(8-10-28)15-17-13-21(31)29-11-12-33-24(29)25-17/h2-6,11-14H,7-10,15H2,1H3. The number of hydrogen-bond acceptors (Lipinski definition) is 7. The number of aromatic nitrogens is 4. The second-order valence-corrected chi connectivity index (χ2v) is 10.3. The number of rotatable bonds is 4. The number of thiazole rings is 1. The Hall–Kier alpha value is -3.34. The molecule has 1 saturated heterocycles. The van der Waals surface area contributed by atoms with E-state index in [1.165, 1.54) is 22.7 Å². The molecule has 4 aromatic heterocycles. The van der Waals surface area contributed by atoms with Crippen molar-refractivity contribution in [2.45, 2.75) is 13.5 Å². The van der Waals surface area contributed by atoms with Gasteiger partial charge >= 0.3 is 0 Å². The van der Waals surface area contributed by atoms with E-state index >= 15 is 0 Å². The summed E-state index contributed by atoms with van der Waals surface area (Å²) in [5, 5.41) is 7.56. The zero-order valence-corrected chi connectivity index (χ0v) is 20.2. The number of nitrogens with zero attached hydrogens (tertiary/aromatic N) is 6. The second-order valence-electron chi connectivity index (χ2n) is 8.37. The molecule has 34 heavy (non-hydrogen) atoms. The second kappa shape index (κ2) is 8.46. The maximum Gasteiger partial charge on any atom is 0.264 e. The van der Waals surface area contributed by atoms with Crippen molar-refractivity contribution in [3.8, 4) is 5.69 Å². The quantitative estimate of drug-likeness (QED) is 0.386. The lowest BCUT2D eigenvalue weighted by Gasteiger charge is -2.34. The topological polar surface area (TPSA) is 75.7 Å². The molecule has 8 nitrogen and oxygen atoms in total. The molecule has 5 heterocycles. The summed E-state index contributed by atoms with van der Waals surface area (Å²) in [6.07, 6.45) is 1.75. The Bertz CT molecular complexity index is 1560. The SMILES string of the molecule is Cc1nn(-c2ccccc2)c2sc(C(=O)N3CCN(Cc4cc(=O)n5ccsc5n4)CC3)cc12. The van der Waals surface area contributed by atoms with Crippen molar-refractivity contribution < 1.29 is 4.79 Å². The molecule has 0 N–H and O–H groups in total. The minimum Gasteiger partial charge on any atom is -0.335 e. The fraction of sp³-hybridized carbons (Fsp3) is 0.250. The predicted octanol–water partition coefficient (Wildman–Crippen LogP) is 3.42. The van der Waals surface area contributed by atoms with Gasteiger partial charge in [-0.25, -0.2) is 9.67 Å². The van der Waals surface area contributed by atoms with E-state index in [0.717, 1.165) is 45.3 Å². The molecule has 0 radical (unpaired) electrons. The number of fused-ring (bicyclic) bond motifs is 2. The van der Waals surface area contributed by atoms with Gasteiger partial charge < -0.3 is 4.90 Å². The van der Waals surface area contributed by atoms with Crippen LogP contribution in [0.4, 0.5) is 0 Å². The van der Waals surface area contributed by atoms with E-state index in [1.54, 1.807) is 16.7 Å².